The minimum atomic E-state index is -0.0366. The smallest absolute Gasteiger partial charge is 0.140 e. The summed E-state index contributed by atoms with van der Waals surface area (Å²) < 4.78 is 5.10. The van der Waals surface area contributed by atoms with Gasteiger partial charge in [-0.1, -0.05) is 11.6 Å². The molecule has 0 aliphatic carbocycles. The van der Waals surface area contributed by atoms with Crippen LogP contribution < -0.4 is 10.5 Å². The van der Waals surface area contributed by atoms with Crippen molar-refractivity contribution < 1.29 is 9.84 Å². The monoisotopic (exact) mass is 187 g/mol. The molecule has 4 heteroatoms. The highest BCUT2D eigenvalue weighted by atomic mass is 35.5. The van der Waals surface area contributed by atoms with Crippen molar-refractivity contribution in [3.8, 4) is 5.75 Å². The third-order valence-electron chi connectivity index (χ3n) is 1.30. The van der Waals surface area contributed by atoms with E-state index in [1.165, 1.54) is 0 Å². The summed E-state index contributed by atoms with van der Waals surface area (Å²) in [7, 11) is 0. The van der Waals surface area contributed by atoms with Crippen LogP contribution in [0.1, 0.15) is 0 Å². The average Bonchev–Trinajstić information content (AvgIpc) is 2.07. The Hall–Kier alpha value is -0.930. The number of nitrogen functional groups attached to an aromatic ring is 1. The molecular formula is C8H10ClNO2. The average molecular weight is 188 g/mol. The summed E-state index contributed by atoms with van der Waals surface area (Å²) in [6, 6.07) is 4.97. The van der Waals surface area contributed by atoms with Gasteiger partial charge in [-0.15, -0.1) is 0 Å². The normalized spacial score (nSPS) is 9.83. The second-order valence-electron chi connectivity index (χ2n) is 2.26. The van der Waals surface area contributed by atoms with Crippen molar-refractivity contribution in [2.75, 3.05) is 18.9 Å². The highest BCUT2D eigenvalue weighted by Gasteiger charge is 2.00. The highest BCUT2D eigenvalue weighted by molar-refractivity contribution is 6.32. The van der Waals surface area contributed by atoms with E-state index >= 15 is 0 Å². The molecule has 0 unspecified atom stereocenters. The number of hydrogen-bond donors (Lipinski definition) is 2. The predicted octanol–water partition coefficient (Wildman–Crippen LogP) is 1.29. The fraction of sp³-hybridized carbons (Fsp3) is 0.250. The molecule has 0 amide bonds. The summed E-state index contributed by atoms with van der Waals surface area (Å²) in [4.78, 5) is 0. The van der Waals surface area contributed by atoms with Crippen LogP contribution in [0.15, 0.2) is 18.2 Å². The van der Waals surface area contributed by atoms with Crippen LogP contribution in [0.2, 0.25) is 5.02 Å². The molecule has 0 atom stereocenters. The van der Waals surface area contributed by atoms with Crippen LogP contribution in [0.5, 0.6) is 5.75 Å². The van der Waals surface area contributed by atoms with E-state index in [-0.39, 0.29) is 13.2 Å². The third kappa shape index (κ3) is 2.29. The molecule has 3 N–H and O–H groups in total. The maximum atomic E-state index is 8.49. The molecule has 66 valence electrons. The first-order valence-corrected chi connectivity index (χ1v) is 3.90. The van der Waals surface area contributed by atoms with Crippen LogP contribution in [-0.2, 0) is 0 Å². The van der Waals surface area contributed by atoms with Crippen molar-refractivity contribution in [2.45, 2.75) is 0 Å². The Balaban J connectivity index is 2.75. The van der Waals surface area contributed by atoms with Crippen molar-refractivity contribution in [3.63, 3.8) is 0 Å². The van der Waals surface area contributed by atoms with E-state index in [0.717, 1.165) is 0 Å². The number of anilines is 1. The summed E-state index contributed by atoms with van der Waals surface area (Å²) in [6.45, 7) is 0.189. The standard InChI is InChI=1S/C8H10ClNO2/c9-7-2-1-6(10)5-8(7)12-4-3-11/h1-2,5,11H,3-4,10H2. The van der Waals surface area contributed by atoms with Gasteiger partial charge < -0.3 is 15.6 Å². The van der Waals surface area contributed by atoms with Gasteiger partial charge in [0.15, 0.2) is 0 Å². The van der Waals surface area contributed by atoms with E-state index in [1.54, 1.807) is 18.2 Å². The van der Waals surface area contributed by atoms with Crippen LogP contribution in [-0.4, -0.2) is 18.3 Å². The van der Waals surface area contributed by atoms with E-state index in [1.807, 2.05) is 0 Å². The number of ether oxygens (including phenoxy) is 1. The molecule has 0 fully saturated rings. The van der Waals surface area contributed by atoms with Gasteiger partial charge >= 0.3 is 0 Å². The van der Waals surface area contributed by atoms with E-state index in [2.05, 4.69) is 0 Å². The quantitative estimate of drug-likeness (QED) is 0.702. The number of aliphatic hydroxyl groups is 1. The van der Waals surface area contributed by atoms with Crippen molar-refractivity contribution in [1.82, 2.24) is 0 Å². The maximum absolute atomic E-state index is 8.49. The summed E-state index contributed by atoms with van der Waals surface area (Å²) >= 11 is 5.77. The fourth-order valence-corrected chi connectivity index (χ4v) is 0.958. The third-order valence-corrected chi connectivity index (χ3v) is 1.62. The fourth-order valence-electron chi connectivity index (χ4n) is 0.786. The number of halogens is 1. The maximum Gasteiger partial charge on any atom is 0.140 e. The lowest BCUT2D eigenvalue weighted by Gasteiger charge is -2.06. The lowest BCUT2D eigenvalue weighted by Crippen LogP contribution is -2.02. The van der Waals surface area contributed by atoms with Gasteiger partial charge in [0.05, 0.1) is 11.6 Å². The molecule has 3 nitrogen and oxygen atoms in total. The number of aliphatic hydroxyl groups excluding tert-OH is 1. The van der Waals surface area contributed by atoms with Crippen LogP contribution in [0.25, 0.3) is 0 Å². The van der Waals surface area contributed by atoms with Gasteiger partial charge in [0.2, 0.25) is 0 Å². The predicted molar refractivity (Wildman–Crippen MR) is 48.4 cm³/mol. The lowest BCUT2D eigenvalue weighted by molar-refractivity contribution is 0.201. The van der Waals surface area contributed by atoms with Gasteiger partial charge in [0.25, 0.3) is 0 Å². The Morgan fingerprint density at radius 2 is 2.25 bits per heavy atom. The van der Waals surface area contributed by atoms with E-state index in [9.17, 15) is 0 Å². The van der Waals surface area contributed by atoms with Gasteiger partial charge in [-0.25, -0.2) is 0 Å². The topological polar surface area (TPSA) is 55.5 Å². The zero-order valence-corrected chi connectivity index (χ0v) is 7.21. The minimum Gasteiger partial charge on any atom is -0.490 e. The number of nitrogens with two attached hydrogens (primary N) is 1. The SMILES string of the molecule is Nc1ccc(Cl)c(OCCO)c1. The van der Waals surface area contributed by atoms with Crippen molar-refractivity contribution in [2.24, 2.45) is 0 Å². The molecule has 1 aromatic rings. The molecule has 0 heterocycles. The van der Waals surface area contributed by atoms with E-state index in [0.29, 0.717) is 16.5 Å². The van der Waals surface area contributed by atoms with E-state index < -0.39 is 0 Å². The first-order chi connectivity index (χ1) is 5.74. The van der Waals surface area contributed by atoms with Gasteiger partial charge in [0.1, 0.15) is 12.4 Å². The second-order valence-corrected chi connectivity index (χ2v) is 2.67. The van der Waals surface area contributed by atoms with Gasteiger partial charge in [-0.2, -0.15) is 0 Å². The van der Waals surface area contributed by atoms with Crippen LogP contribution >= 0.6 is 11.6 Å². The van der Waals surface area contributed by atoms with Crippen LogP contribution in [0, 0.1) is 0 Å². The summed E-state index contributed by atoms with van der Waals surface area (Å²) in [5.41, 5.74) is 6.09. The molecule has 0 saturated carbocycles. The molecule has 0 aromatic heterocycles. The molecule has 0 spiro atoms. The molecule has 0 radical (unpaired) electrons. The van der Waals surface area contributed by atoms with Crippen LogP contribution in [0.4, 0.5) is 5.69 Å². The Bertz CT molecular complexity index is 265. The molecule has 0 aliphatic heterocycles. The van der Waals surface area contributed by atoms with Crippen molar-refractivity contribution >= 4 is 17.3 Å². The molecule has 0 saturated heterocycles. The largest absolute Gasteiger partial charge is 0.490 e. The first kappa shape index (κ1) is 9.16. The van der Waals surface area contributed by atoms with Gasteiger partial charge in [-0.3, -0.25) is 0 Å². The summed E-state index contributed by atoms with van der Waals surface area (Å²) in [5.74, 6) is 0.505. The Morgan fingerprint density at radius 1 is 1.50 bits per heavy atom. The highest BCUT2D eigenvalue weighted by Crippen LogP contribution is 2.26. The molecule has 0 bridgehead atoms. The molecule has 1 aromatic carbocycles. The van der Waals surface area contributed by atoms with Crippen molar-refractivity contribution in [1.29, 1.82) is 0 Å². The Labute approximate surface area is 75.7 Å². The Kier molecular flexibility index (Phi) is 3.19. The zero-order chi connectivity index (χ0) is 8.97. The Morgan fingerprint density at radius 3 is 2.92 bits per heavy atom. The lowest BCUT2D eigenvalue weighted by atomic mass is 10.3. The first-order valence-electron chi connectivity index (χ1n) is 3.52. The van der Waals surface area contributed by atoms with Gasteiger partial charge in [-0.05, 0) is 12.1 Å². The number of hydrogen-bond acceptors (Lipinski definition) is 3. The van der Waals surface area contributed by atoms with Gasteiger partial charge in [0, 0.05) is 11.8 Å². The molecule has 1 rings (SSSR count). The number of benzene rings is 1. The molecule has 0 aliphatic rings. The summed E-state index contributed by atoms with van der Waals surface area (Å²) in [5, 5.41) is 8.99. The minimum absolute atomic E-state index is 0.0366. The van der Waals surface area contributed by atoms with Crippen LogP contribution in [0.3, 0.4) is 0 Å². The second kappa shape index (κ2) is 4.18. The summed E-state index contributed by atoms with van der Waals surface area (Å²) in [6.07, 6.45) is 0. The van der Waals surface area contributed by atoms with Crippen molar-refractivity contribution in [3.05, 3.63) is 23.2 Å². The molecular weight excluding hydrogens is 178 g/mol. The molecule has 12 heavy (non-hydrogen) atoms. The van der Waals surface area contributed by atoms with E-state index in [4.69, 9.17) is 27.2 Å². The number of rotatable bonds is 3. The zero-order valence-electron chi connectivity index (χ0n) is 6.46.